The number of likely N-dealkylation sites (N-methyl/N-ethyl adjacent to an activating group) is 1. The summed E-state index contributed by atoms with van der Waals surface area (Å²) in [5, 5.41) is 2.70. The van der Waals surface area contributed by atoms with Crippen LogP contribution in [0.5, 0.6) is 0 Å². The van der Waals surface area contributed by atoms with E-state index in [-0.39, 0.29) is 30.4 Å². The Morgan fingerprint density at radius 1 is 1.21 bits per heavy atom. The highest BCUT2D eigenvalue weighted by atomic mass is 16.2. The fourth-order valence-corrected chi connectivity index (χ4v) is 2.25. The van der Waals surface area contributed by atoms with Crippen molar-refractivity contribution in [2.45, 2.75) is 33.2 Å². The van der Waals surface area contributed by atoms with Crippen LogP contribution < -0.4 is 22.3 Å². The molecule has 4 N–H and O–H groups in total. The number of amides is 1. The van der Waals surface area contributed by atoms with Crippen LogP contribution in [0.15, 0.2) is 9.59 Å². The number of H-pyrrole nitrogens is 1. The van der Waals surface area contributed by atoms with Crippen LogP contribution in [0.1, 0.15) is 37.0 Å². The fraction of sp³-hybridized carbons (Fsp3) is 0.600. The van der Waals surface area contributed by atoms with Gasteiger partial charge in [0.2, 0.25) is 5.91 Å². The van der Waals surface area contributed by atoms with Crippen molar-refractivity contribution >= 4 is 17.5 Å². The molecule has 1 aromatic rings. The first-order chi connectivity index (χ1) is 11.3. The molecule has 1 rings (SSSR count). The van der Waals surface area contributed by atoms with Crippen molar-refractivity contribution < 1.29 is 9.59 Å². The lowest BCUT2D eigenvalue weighted by molar-refractivity contribution is -0.121. The van der Waals surface area contributed by atoms with Crippen molar-refractivity contribution in [3.8, 4) is 0 Å². The molecular weight excluding hydrogens is 314 g/mol. The number of nitrogens with two attached hydrogens (primary N) is 1. The summed E-state index contributed by atoms with van der Waals surface area (Å²) in [6, 6.07) is 0. The molecule has 0 radical (unpaired) electrons. The molecule has 0 saturated carbocycles. The summed E-state index contributed by atoms with van der Waals surface area (Å²) in [6.45, 7) is 4.52. The minimum absolute atomic E-state index is 0.0259. The molecule has 0 spiro atoms. The van der Waals surface area contributed by atoms with E-state index in [0.717, 1.165) is 6.42 Å². The van der Waals surface area contributed by atoms with Crippen molar-refractivity contribution in [3.63, 3.8) is 0 Å². The maximum atomic E-state index is 12.4. The van der Waals surface area contributed by atoms with Gasteiger partial charge >= 0.3 is 5.69 Å². The number of carbonyl (C=O) groups excluding carboxylic acids is 2. The van der Waals surface area contributed by atoms with E-state index in [9.17, 15) is 19.2 Å². The third-order valence-electron chi connectivity index (χ3n) is 3.36. The van der Waals surface area contributed by atoms with Crippen LogP contribution in [-0.4, -0.2) is 52.8 Å². The van der Waals surface area contributed by atoms with Crippen molar-refractivity contribution in [2.24, 2.45) is 0 Å². The number of nitrogens with zero attached hydrogens (tertiary/aromatic N) is 2. The molecule has 0 bridgehead atoms. The van der Waals surface area contributed by atoms with Gasteiger partial charge in [-0.15, -0.1) is 0 Å². The minimum Gasteiger partial charge on any atom is -0.384 e. The van der Waals surface area contributed by atoms with Crippen LogP contribution in [0.3, 0.4) is 0 Å². The summed E-state index contributed by atoms with van der Waals surface area (Å²) in [6.07, 6.45) is 1.44. The molecular formula is C15H25N5O4. The van der Waals surface area contributed by atoms with Gasteiger partial charge in [0.1, 0.15) is 11.4 Å². The third-order valence-corrected chi connectivity index (χ3v) is 3.36. The molecule has 0 fully saturated rings. The SMILES string of the molecule is CCCNC(=O)CN(C)CC(=O)c1c(N)n(CCC)c(=O)[nH]c1=O. The number of anilines is 1. The third kappa shape index (κ3) is 5.05. The average molecular weight is 339 g/mol. The summed E-state index contributed by atoms with van der Waals surface area (Å²) in [7, 11) is 1.59. The van der Waals surface area contributed by atoms with E-state index in [0.29, 0.717) is 19.5 Å². The molecule has 0 aliphatic rings. The Kier molecular flexibility index (Phi) is 7.37. The first kappa shape index (κ1) is 19.6. The highest BCUT2D eigenvalue weighted by Gasteiger charge is 2.21. The molecule has 134 valence electrons. The van der Waals surface area contributed by atoms with Gasteiger partial charge in [-0.25, -0.2) is 4.79 Å². The lowest BCUT2D eigenvalue weighted by Crippen LogP contribution is -2.41. The molecule has 0 unspecified atom stereocenters. The Balaban J connectivity index is 2.92. The normalized spacial score (nSPS) is 10.8. The van der Waals surface area contributed by atoms with E-state index in [1.807, 2.05) is 13.8 Å². The monoisotopic (exact) mass is 339 g/mol. The molecule has 1 aromatic heterocycles. The fourth-order valence-electron chi connectivity index (χ4n) is 2.25. The molecule has 9 nitrogen and oxygen atoms in total. The van der Waals surface area contributed by atoms with E-state index < -0.39 is 17.0 Å². The second-order valence-corrected chi connectivity index (χ2v) is 5.62. The zero-order valence-electron chi connectivity index (χ0n) is 14.3. The number of hydrogen-bond donors (Lipinski definition) is 3. The number of Topliss-reactive ketones (excluding diaryl/α,β-unsaturated/α-hetero) is 1. The maximum absolute atomic E-state index is 12.4. The number of aromatic amines is 1. The molecule has 0 aromatic carbocycles. The lowest BCUT2D eigenvalue weighted by Gasteiger charge is -2.16. The van der Waals surface area contributed by atoms with Gasteiger partial charge in [0.05, 0.1) is 13.1 Å². The van der Waals surface area contributed by atoms with Crippen molar-refractivity contribution in [1.29, 1.82) is 0 Å². The number of hydrogen-bond acceptors (Lipinski definition) is 6. The van der Waals surface area contributed by atoms with E-state index in [2.05, 4.69) is 10.3 Å². The number of rotatable bonds is 9. The van der Waals surface area contributed by atoms with Gasteiger partial charge in [0.15, 0.2) is 5.78 Å². The van der Waals surface area contributed by atoms with Crippen LogP contribution in [0.2, 0.25) is 0 Å². The van der Waals surface area contributed by atoms with Crippen molar-refractivity contribution in [1.82, 2.24) is 19.8 Å². The quantitative estimate of drug-likeness (QED) is 0.503. The Bertz CT molecular complexity index is 707. The van der Waals surface area contributed by atoms with Gasteiger partial charge in [0.25, 0.3) is 5.56 Å². The predicted molar refractivity (Wildman–Crippen MR) is 91.2 cm³/mol. The highest BCUT2D eigenvalue weighted by molar-refractivity contribution is 6.01. The summed E-state index contributed by atoms with van der Waals surface area (Å²) in [5.41, 5.74) is 4.15. The first-order valence-electron chi connectivity index (χ1n) is 7.92. The number of carbonyl (C=O) groups is 2. The van der Waals surface area contributed by atoms with Crippen LogP contribution in [0.4, 0.5) is 5.82 Å². The van der Waals surface area contributed by atoms with Gasteiger partial charge in [-0.2, -0.15) is 0 Å². The average Bonchev–Trinajstić information content (AvgIpc) is 2.48. The second-order valence-electron chi connectivity index (χ2n) is 5.62. The van der Waals surface area contributed by atoms with Crippen molar-refractivity contribution in [2.75, 3.05) is 32.4 Å². The Hall–Kier alpha value is -2.42. The Morgan fingerprint density at radius 2 is 1.88 bits per heavy atom. The summed E-state index contributed by atoms with van der Waals surface area (Å²) >= 11 is 0. The largest absolute Gasteiger partial charge is 0.384 e. The molecule has 1 heterocycles. The van der Waals surface area contributed by atoms with Gasteiger partial charge in [-0.05, 0) is 19.9 Å². The molecule has 0 aliphatic carbocycles. The van der Waals surface area contributed by atoms with Crippen LogP contribution in [0, 0.1) is 0 Å². The number of aromatic nitrogens is 2. The van der Waals surface area contributed by atoms with Crippen LogP contribution >= 0.6 is 0 Å². The number of ketones is 1. The standard InChI is InChI=1S/C15H25N5O4/c1-4-6-17-11(22)9-19(3)8-10(21)12-13(16)20(7-5-2)15(24)18-14(12)23/h4-9,16H2,1-3H3,(H,17,22)(H,18,23,24). The minimum atomic E-state index is -0.807. The molecule has 0 aliphatic heterocycles. The number of nitrogens with one attached hydrogen (secondary N) is 2. The van der Waals surface area contributed by atoms with E-state index >= 15 is 0 Å². The van der Waals surface area contributed by atoms with Crippen LogP contribution in [0.25, 0.3) is 0 Å². The van der Waals surface area contributed by atoms with Crippen LogP contribution in [-0.2, 0) is 11.3 Å². The molecule has 24 heavy (non-hydrogen) atoms. The van der Waals surface area contributed by atoms with E-state index in [4.69, 9.17) is 5.73 Å². The van der Waals surface area contributed by atoms with Gasteiger partial charge in [0, 0.05) is 13.1 Å². The summed E-state index contributed by atoms with van der Waals surface area (Å²) in [5.74, 6) is -0.881. The topological polar surface area (TPSA) is 130 Å². The zero-order valence-corrected chi connectivity index (χ0v) is 14.3. The Morgan fingerprint density at radius 3 is 2.46 bits per heavy atom. The zero-order chi connectivity index (χ0) is 18.3. The molecule has 9 heteroatoms. The maximum Gasteiger partial charge on any atom is 0.329 e. The van der Waals surface area contributed by atoms with Gasteiger partial charge < -0.3 is 11.1 Å². The summed E-state index contributed by atoms with van der Waals surface area (Å²) < 4.78 is 1.17. The molecule has 1 amide bonds. The summed E-state index contributed by atoms with van der Waals surface area (Å²) in [4.78, 5) is 51.3. The first-order valence-corrected chi connectivity index (χ1v) is 7.92. The smallest absolute Gasteiger partial charge is 0.329 e. The van der Waals surface area contributed by atoms with E-state index in [1.165, 1.54) is 9.47 Å². The van der Waals surface area contributed by atoms with Crippen molar-refractivity contribution in [3.05, 3.63) is 26.4 Å². The second kappa shape index (κ2) is 9.02. The van der Waals surface area contributed by atoms with Gasteiger partial charge in [-0.1, -0.05) is 13.8 Å². The predicted octanol–water partition coefficient (Wildman–Crippen LogP) is -0.830. The highest BCUT2D eigenvalue weighted by Crippen LogP contribution is 2.06. The molecule has 0 saturated heterocycles. The lowest BCUT2D eigenvalue weighted by atomic mass is 10.2. The Labute approximate surface area is 139 Å². The van der Waals surface area contributed by atoms with E-state index in [1.54, 1.807) is 7.05 Å². The number of nitrogen functional groups attached to an aromatic ring is 1. The molecule has 0 atom stereocenters. The van der Waals surface area contributed by atoms with Gasteiger partial charge in [-0.3, -0.25) is 28.8 Å².